The van der Waals surface area contributed by atoms with Gasteiger partial charge >= 0.3 is 0 Å². The quantitative estimate of drug-likeness (QED) is 0.278. The van der Waals surface area contributed by atoms with Crippen LogP contribution < -0.4 is 10.6 Å². The summed E-state index contributed by atoms with van der Waals surface area (Å²) >= 11 is 0. The van der Waals surface area contributed by atoms with Crippen LogP contribution in [0.5, 0.6) is 0 Å². The summed E-state index contributed by atoms with van der Waals surface area (Å²) in [7, 11) is 0. The van der Waals surface area contributed by atoms with E-state index in [9.17, 15) is 27.6 Å². The van der Waals surface area contributed by atoms with Gasteiger partial charge in [-0.25, -0.2) is 13.2 Å². The second-order valence-corrected chi connectivity index (χ2v) is 9.10. The number of hydrogen-bond acceptors (Lipinski definition) is 5. The first kappa shape index (κ1) is 26.8. The van der Waals surface area contributed by atoms with Crippen molar-refractivity contribution in [3.8, 4) is 0 Å². The Bertz CT molecular complexity index is 1340. The van der Waals surface area contributed by atoms with Crippen LogP contribution >= 0.6 is 0 Å². The molecule has 1 aromatic heterocycles. The minimum Gasteiger partial charge on any atom is -0.323 e. The highest BCUT2D eigenvalue weighted by Gasteiger charge is 2.26. The smallest absolute Gasteiger partial charge is 0.261 e. The fourth-order valence-corrected chi connectivity index (χ4v) is 4.45. The highest BCUT2D eigenvalue weighted by Crippen LogP contribution is 2.26. The Morgan fingerprint density at radius 2 is 1.79 bits per heavy atom. The summed E-state index contributed by atoms with van der Waals surface area (Å²) in [6.45, 7) is 5.70. The molecule has 0 spiro atoms. The molecular formula is C27H26F3N5O3. The molecule has 1 fully saturated rings. The number of anilines is 2. The van der Waals surface area contributed by atoms with Gasteiger partial charge in [-0.15, -0.1) is 0 Å². The molecule has 1 aliphatic heterocycles. The van der Waals surface area contributed by atoms with Gasteiger partial charge in [0.2, 0.25) is 5.91 Å². The standard InChI is InChI=1S/C27H26F3N5O3/c1-2-24(37)32-19-5-3-4-17(10-19)15-35-8-6-16(7-9-35)11-23(36)26-22(14-31-34-26)33-27(38)25-20(29)12-18(28)13-21(25)30/h2-5,10,12-14,16H,1,6-9,11,15H2,(H,31,34)(H,32,37)(H,33,38). The van der Waals surface area contributed by atoms with Crippen LogP contribution in [0.25, 0.3) is 0 Å². The molecule has 1 aliphatic rings. The summed E-state index contributed by atoms with van der Waals surface area (Å²) < 4.78 is 41.1. The SMILES string of the molecule is C=CC(=O)Nc1cccc(CN2CCC(CC(=O)c3[nH]ncc3NC(=O)c3c(F)cc(F)cc3F)CC2)c1. The number of benzene rings is 2. The van der Waals surface area contributed by atoms with Crippen LogP contribution in [-0.2, 0) is 11.3 Å². The number of amides is 2. The minimum atomic E-state index is -1.35. The van der Waals surface area contributed by atoms with Crippen molar-refractivity contribution < 1.29 is 27.6 Å². The van der Waals surface area contributed by atoms with Gasteiger partial charge in [0.25, 0.3) is 5.91 Å². The average Bonchev–Trinajstić information content (AvgIpc) is 3.33. The van der Waals surface area contributed by atoms with Crippen molar-refractivity contribution in [3.05, 3.63) is 89.5 Å². The number of carbonyl (C=O) groups is 3. The van der Waals surface area contributed by atoms with Gasteiger partial charge < -0.3 is 10.6 Å². The molecule has 198 valence electrons. The summed E-state index contributed by atoms with van der Waals surface area (Å²) in [5.74, 6) is -5.46. The molecule has 11 heteroatoms. The predicted octanol–water partition coefficient (Wildman–Crippen LogP) is 4.69. The first-order chi connectivity index (χ1) is 18.2. The molecule has 0 aliphatic carbocycles. The fourth-order valence-electron chi connectivity index (χ4n) is 4.45. The van der Waals surface area contributed by atoms with Gasteiger partial charge in [0.1, 0.15) is 28.7 Å². The zero-order valence-corrected chi connectivity index (χ0v) is 20.4. The number of halogens is 3. The Hall–Kier alpha value is -4.25. The van der Waals surface area contributed by atoms with E-state index in [2.05, 4.69) is 32.3 Å². The predicted molar refractivity (Wildman–Crippen MR) is 135 cm³/mol. The third-order valence-electron chi connectivity index (χ3n) is 6.37. The second kappa shape index (κ2) is 11.9. The molecule has 2 heterocycles. The molecule has 2 amide bonds. The van der Waals surface area contributed by atoms with Gasteiger partial charge in [-0.2, -0.15) is 5.10 Å². The van der Waals surface area contributed by atoms with E-state index < -0.39 is 28.9 Å². The number of aromatic nitrogens is 2. The lowest BCUT2D eigenvalue weighted by Crippen LogP contribution is -2.34. The van der Waals surface area contributed by atoms with Crippen molar-refractivity contribution in [2.24, 2.45) is 5.92 Å². The zero-order valence-electron chi connectivity index (χ0n) is 20.4. The Balaban J connectivity index is 1.31. The number of nitrogens with one attached hydrogen (secondary N) is 3. The van der Waals surface area contributed by atoms with E-state index in [1.807, 2.05) is 24.3 Å². The van der Waals surface area contributed by atoms with E-state index in [-0.39, 0.29) is 35.4 Å². The van der Waals surface area contributed by atoms with E-state index in [1.54, 1.807) is 0 Å². The highest BCUT2D eigenvalue weighted by atomic mass is 19.1. The minimum absolute atomic E-state index is 0.0102. The van der Waals surface area contributed by atoms with Gasteiger partial charge in [0.15, 0.2) is 5.78 Å². The molecule has 1 saturated heterocycles. The number of hydrogen-bond donors (Lipinski definition) is 3. The van der Waals surface area contributed by atoms with Crippen LogP contribution in [0.2, 0.25) is 0 Å². The van der Waals surface area contributed by atoms with Crippen molar-refractivity contribution in [1.29, 1.82) is 0 Å². The molecule has 0 atom stereocenters. The molecule has 0 radical (unpaired) electrons. The number of likely N-dealkylation sites (tertiary alicyclic amines) is 1. The molecule has 0 unspecified atom stereocenters. The van der Waals surface area contributed by atoms with Crippen molar-refractivity contribution >= 4 is 29.0 Å². The summed E-state index contributed by atoms with van der Waals surface area (Å²) in [5.41, 5.74) is 0.812. The van der Waals surface area contributed by atoms with Crippen LogP contribution in [0.4, 0.5) is 24.5 Å². The maximum absolute atomic E-state index is 14.0. The molecule has 3 aromatic rings. The van der Waals surface area contributed by atoms with Gasteiger partial charge in [-0.3, -0.25) is 24.4 Å². The average molecular weight is 526 g/mol. The summed E-state index contributed by atoms with van der Waals surface area (Å²) in [4.78, 5) is 39.1. The largest absolute Gasteiger partial charge is 0.323 e. The molecule has 2 aromatic carbocycles. The van der Waals surface area contributed by atoms with E-state index >= 15 is 0 Å². The maximum Gasteiger partial charge on any atom is 0.261 e. The lowest BCUT2D eigenvalue weighted by Gasteiger charge is -2.31. The van der Waals surface area contributed by atoms with Crippen LogP contribution in [0.3, 0.4) is 0 Å². The lowest BCUT2D eigenvalue weighted by molar-refractivity contribution is -0.111. The molecule has 38 heavy (non-hydrogen) atoms. The van der Waals surface area contributed by atoms with Crippen molar-refractivity contribution in [2.45, 2.75) is 25.8 Å². The molecule has 8 nitrogen and oxygen atoms in total. The van der Waals surface area contributed by atoms with Crippen molar-refractivity contribution in [3.63, 3.8) is 0 Å². The third kappa shape index (κ3) is 6.54. The third-order valence-corrected chi connectivity index (χ3v) is 6.37. The van der Waals surface area contributed by atoms with E-state index in [1.165, 1.54) is 12.3 Å². The van der Waals surface area contributed by atoms with Gasteiger partial charge in [-0.05, 0) is 55.6 Å². The summed E-state index contributed by atoms with van der Waals surface area (Å²) in [5, 5.41) is 11.4. The van der Waals surface area contributed by atoms with E-state index in [0.717, 1.165) is 31.5 Å². The van der Waals surface area contributed by atoms with Gasteiger partial charge in [0, 0.05) is 30.8 Å². The van der Waals surface area contributed by atoms with Crippen LogP contribution in [0, 0.1) is 23.4 Å². The fraction of sp³-hybridized carbons (Fsp3) is 0.259. The number of nitrogens with zero attached hydrogens (tertiary/aromatic N) is 2. The second-order valence-electron chi connectivity index (χ2n) is 9.10. The molecular weight excluding hydrogens is 499 g/mol. The number of carbonyl (C=O) groups excluding carboxylic acids is 3. The summed E-state index contributed by atoms with van der Waals surface area (Å²) in [6.07, 6.45) is 4.16. The number of H-pyrrole nitrogens is 1. The number of piperidine rings is 1. The van der Waals surface area contributed by atoms with Crippen LogP contribution in [0.15, 0.2) is 55.3 Å². The lowest BCUT2D eigenvalue weighted by atomic mass is 9.90. The van der Waals surface area contributed by atoms with Gasteiger partial charge in [-0.1, -0.05) is 18.7 Å². The molecule has 4 rings (SSSR count). The topological polar surface area (TPSA) is 107 Å². The highest BCUT2D eigenvalue weighted by molar-refractivity contribution is 6.08. The summed E-state index contributed by atoms with van der Waals surface area (Å²) in [6, 6.07) is 8.39. The first-order valence-corrected chi connectivity index (χ1v) is 12.0. The number of rotatable bonds is 9. The molecule has 0 saturated carbocycles. The Kier molecular flexibility index (Phi) is 8.37. The Morgan fingerprint density at radius 3 is 2.47 bits per heavy atom. The number of ketones is 1. The van der Waals surface area contributed by atoms with Crippen molar-refractivity contribution in [2.75, 3.05) is 23.7 Å². The molecule has 0 bridgehead atoms. The first-order valence-electron chi connectivity index (χ1n) is 12.0. The monoisotopic (exact) mass is 525 g/mol. The van der Waals surface area contributed by atoms with E-state index in [4.69, 9.17) is 0 Å². The Morgan fingerprint density at radius 1 is 1.08 bits per heavy atom. The number of aromatic amines is 1. The van der Waals surface area contributed by atoms with E-state index in [0.29, 0.717) is 24.4 Å². The van der Waals surface area contributed by atoms with Gasteiger partial charge in [0.05, 0.1) is 11.9 Å². The molecule has 3 N–H and O–H groups in total. The van der Waals surface area contributed by atoms with Crippen LogP contribution in [-0.4, -0.2) is 45.8 Å². The Labute approximate surface area is 216 Å². The normalized spacial score (nSPS) is 14.2. The number of Topliss-reactive ketones (excluding diaryl/α,β-unsaturated/α-hetero) is 1. The van der Waals surface area contributed by atoms with Crippen molar-refractivity contribution in [1.82, 2.24) is 15.1 Å². The van der Waals surface area contributed by atoms with Crippen LogP contribution in [0.1, 0.15) is 45.7 Å². The maximum atomic E-state index is 14.0. The zero-order chi connectivity index (χ0) is 27.2.